The third kappa shape index (κ3) is 5.21. The fourth-order valence-corrected chi connectivity index (χ4v) is 0.387. The number of hydrogen-bond donors (Lipinski definition) is 0. The Kier molecular flexibility index (Phi) is 4.90. The molecule has 0 heterocycles. The summed E-state index contributed by atoms with van der Waals surface area (Å²) in [5, 5.41) is 0. The van der Waals surface area contributed by atoms with Gasteiger partial charge in [0.15, 0.2) is 6.29 Å². The Morgan fingerprint density at radius 3 is 2.27 bits per heavy atom. The van der Waals surface area contributed by atoms with E-state index >= 15 is 0 Å². The quantitative estimate of drug-likeness (QED) is 0.560. The molecule has 0 N–H and O–H groups in total. The monoisotopic (exact) mass is 156 g/mol. The summed E-state index contributed by atoms with van der Waals surface area (Å²) in [5.74, 6) is -1.00. The van der Waals surface area contributed by atoms with Gasteiger partial charge in [0.1, 0.15) is 11.6 Å². The average Bonchev–Trinajstić information content (AvgIpc) is 1.97. The Labute approximate surface area is 63.7 Å². The van der Waals surface area contributed by atoms with Crippen molar-refractivity contribution in [2.24, 2.45) is 0 Å². The van der Waals surface area contributed by atoms with E-state index in [-0.39, 0.29) is 0 Å². The maximum Gasteiger partial charge on any atom is 0.195 e. The van der Waals surface area contributed by atoms with E-state index in [0.717, 1.165) is 18.2 Å². The van der Waals surface area contributed by atoms with Crippen LogP contribution in [0, 0.1) is 17.7 Å². The summed E-state index contributed by atoms with van der Waals surface area (Å²) < 4.78 is 23.8. The van der Waals surface area contributed by atoms with E-state index in [4.69, 9.17) is 4.79 Å². The molecule has 0 fully saturated rings. The van der Waals surface area contributed by atoms with Crippen molar-refractivity contribution in [1.29, 1.82) is 0 Å². The number of benzene rings is 1. The van der Waals surface area contributed by atoms with E-state index < -0.39 is 11.6 Å². The topological polar surface area (TPSA) is 17.1 Å². The highest BCUT2D eigenvalue weighted by molar-refractivity contribution is 5.45. The predicted molar refractivity (Wildman–Crippen MR) is 36.6 cm³/mol. The number of carbonyl (C=O) groups excluding carboxylic acids is 1. The van der Waals surface area contributed by atoms with Crippen molar-refractivity contribution in [3.05, 3.63) is 35.9 Å². The van der Waals surface area contributed by atoms with Gasteiger partial charge < -0.3 is 0 Å². The van der Waals surface area contributed by atoms with E-state index in [2.05, 4.69) is 6.07 Å². The number of hydrogen-bond acceptors (Lipinski definition) is 1. The third-order valence-corrected chi connectivity index (χ3v) is 0.737. The second-order valence-corrected chi connectivity index (χ2v) is 1.56. The molecule has 0 aliphatic carbocycles. The molecule has 0 saturated carbocycles. The van der Waals surface area contributed by atoms with Gasteiger partial charge in [-0.05, 0) is 18.2 Å². The fraction of sp³-hybridized carbons (Fsp3) is 0.125. The fourth-order valence-electron chi connectivity index (χ4n) is 0.387. The van der Waals surface area contributed by atoms with E-state index in [0.29, 0.717) is 0 Å². The van der Waals surface area contributed by atoms with Crippen LogP contribution in [0.25, 0.3) is 0 Å². The van der Waals surface area contributed by atoms with Crippen molar-refractivity contribution >= 4 is 6.29 Å². The molecule has 1 aromatic rings. The molecule has 1 rings (SSSR count). The van der Waals surface area contributed by atoms with Crippen molar-refractivity contribution in [2.45, 2.75) is 6.92 Å². The van der Waals surface area contributed by atoms with Gasteiger partial charge in [0.05, 0.1) is 0 Å². The standard InChI is InChI=1S/C6H3F2.C2H3O/c7-5-1-2-6(8)4-3-5;1-2-3/h1-3H;1H3. The second-order valence-electron chi connectivity index (χ2n) is 1.56. The molecule has 0 bridgehead atoms. The van der Waals surface area contributed by atoms with Crippen LogP contribution in [0.2, 0.25) is 0 Å². The van der Waals surface area contributed by atoms with Gasteiger partial charge in [-0.2, -0.15) is 0 Å². The summed E-state index contributed by atoms with van der Waals surface area (Å²) >= 11 is 0. The highest BCUT2D eigenvalue weighted by atomic mass is 19.1. The molecule has 3 heteroatoms. The minimum Gasteiger partial charge on any atom is -0.291 e. The van der Waals surface area contributed by atoms with Crippen molar-refractivity contribution in [3.63, 3.8) is 0 Å². The van der Waals surface area contributed by atoms with Crippen molar-refractivity contribution in [2.75, 3.05) is 0 Å². The zero-order valence-corrected chi connectivity index (χ0v) is 5.90. The SMILES string of the molecule is C[C]=O.Fc1[c]cc(F)cc1. The molecule has 0 aliphatic rings. The summed E-state index contributed by atoms with van der Waals surface area (Å²) in [5.41, 5.74) is 0. The predicted octanol–water partition coefficient (Wildman–Crippen LogP) is 1.88. The van der Waals surface area contributed by atoms with Crippen LogP contribution in [0.15, 0.2) is 18.2 Å². The number of rotatable bonds is 0. The largest absolute Gasteiger partial charge is 0.291 e. The molecule has 1 nitrogen and oxygen atoms in total. The van der Waals surface area contributed by atoms with Crippen LogP contribution < -0.4 is 0 Å². The molecular weight excluding hydrogens is 150 g/mol. The Bertz CT molecular complexity index is 185. The van der Waals surface area contributed by atoms with Crippen LogP contribution >= 0.6 is 0 Å². The normalized spacial score (nSPS) is 7.91. The molecule has 0 aromatic heterocycles. The van der Waals surface area contributed by atoms with Crippen molar-refractivity contribution in [3.8, 4) is 0 Å². The van der Waals surface area contributed by atoms with Gasteiger partial charge in [-0.3, -0.25) is 4.79 Å². The second kappa shape index (κ2) is 5.53. The van der Waals surface area contributed by atoms with Crippen molar-refractivity contribution < 1.29 is 13.6 Å². The van der Waals surface area contributed by atoms with Crippen LogP contribution in [0.5, 0.6) is 0 Å². The highest BCUT2D eigenvalue weighted by Gasteiger charge is 1.87. The molecule has 0 aliphatic heterocycles. The van der Waals surface area contributed by atoms with Crippen LogP contribution in [0.4, 0.5) is 8.78 Å². The van der Waals surface area contributed by atoms with Gasteiger partial charge in [0.2, 0.25) is 0 Å². The molecule has 58 valence electrons. The Hall–Kier alpha value is -1.25. The minimum absolute atomic E-state index is 0.466. The van der Waals surface area contributed by atoms with Gasteiger partial charge in [0, 0.05) is 13.0 Å². The van der Waals surface area contributed by atoms with Crippen LogP contribution in [-0.2, 0) is 4.79 Å². The lowest BCUT2D eigenvalue weighted by atomic mass is 10.3. The van der Waals surface area contributed by atoms with Gasteiger partial charge in [-0.1, -0.05) is 0 Å². The zero-order chi connectivity index (χ0) is 8.69. The lowest BCUT2D eigenvalue weighted by Crippen LogP contribution is -1.73. The summed E-state index contributed by atoms with van der Waals surface area (Å²) in [7, 11) is 0. The zero-order valence-electron chi connectivity index (χ0n) is 5.90. The van der Waals surface area contributed by atoms with Crippen molar-refractivity contribution in [1.82, 2.24) is 0 Å². The first kappa shape index (κ1) is 9.75. The molecule has 2 radical (unpaired) electrons. The van der Waals surface area contributed by atoms with Gasteiger partial charge in [0.25, 0.3) is 0 Å². The first-order valence-electron chi connectivity index (χ1n) is 2.82. The Morgan fingerprint density at radius 2 is 2.00 bits per heavy atom. The van der Waals surface area contributed by atoms with Gasteiger partial charge in [-0.15, -0.1) is 0 Å². The summed E-state index contributed by atoms with van der Waals surface area (Å²) in [6, 6.07) is 5.08. The van der Waals surface area contributed by atoms with E-state index in [1.165, 1.54) is 13.2 Å². The summed E-state index contributed by atoms with van der Waals surface area (Å²) in [6.07, 6.45) is 1.50. The summed E-state index contributed by atoms with van der Waals surface area (Å²) in [4.78, 5) is 8.68. The number of halogens is 2. The highest BCUT2D eigenvalue weighted by Crippen LogP contribution is 1.97. The maximum atomic E-state index is 11.9. The van der Waals surface area contributed by atoms with Gasteiger partial charge in [-0.25, -0.2) is 8.78 Å². The molecule has 0 amide bonds. The smallest absolute Gasteiger partial charge is 0.195 e. The van der Waals surface area contributed by atoms with Crippen LogP contribution in [-0.4, -0.2) is 6.29 Å². The van der Waals surface area contributed by atoms with Crippen LogP contribution in [0.3, 0.4) is 0 Å². The summed E-state index contributed by atoms with van der Waals surface area (Å²) in [6.45, 7) is 1.32. The van der Waals surface area contributed by atoms with E-state index in [1.54, 1.807) is 0 Å². The lowest BCUT2D eigenvalue weighted by Gasteiger charge is -1.82. The van der Waals surface area contributed by atoms with E-state index in [1.807, 2.05) is 0 Å². The first-order valence-corrected chi connectivity index (χ1v) is 2.82. The molecule has 0 spiro atoms. The first-order chi connectivity index (χ1) is 5.20. The molecule has 11 heavy (non-hydrogen) atoms. The van der Waals surface area contributed by atoms with Crippen LogP contribution in [0.1, 0.15) is 6.92 Å². The maximum absolute atomic E-state index is 11.9. The Morgan fingerprint density at radius 1 is 1.45 bits per heavy atom. The minimum atomic E-state index is -0.536. The Balaban J connectivity index is 0.000000292. The molecular formula is C8H6F2O. The van der Waals surface area contributed by atoms with Gasteiger partial charge >= 0.3 is 0 Å². The van der Waals surface area contributed by atoms with E-state index in [9.17, 15) is 8.78 Å². The lowest BCUT2D eigenvalue weighted by molar-refractivity contribution is 0.560. The third-order valence-electron chi connectivity index (χ3n) is 0.737. The molecule has 0 unspecified atom stereocenters. The molecule has 0 atom stereocenters. The average molecular weight is 156 g/mol. The molecule has 0 saturated heterocycles. The molecule has 1 aromatic carbocycles.